The lowest BCUT2D eigenvalue weighted by Crippen LogP contribution is -2.54. The van der Waals surface area contributed by atoms with Gasteiger partial charge in [-0.15, -0.1) is 22.5 Å². The number of nitrogens with zero attached hydrogens (tertiary/aromatic N) is 15. The van der Waals surface area contributed by atoms with E-state index in [1.165, 1.54) is 48.6 Å². The Morgan fingerprint density at radius 1 is 0.402 bits per heavy atom. The lowest BCUT2D eigenvalue weighted by Gasteiger charge is -2.35. The zero-order valence-electron chi connectivity index (χ0n) is 77.2. The highest BCUT2D eigenvalue weighted by Gasteiger charge is 2.34. The number of hydrogen-bond acceptors (Lipinski definition) is 32. The second-order valence-electron chi connectivity index (χ2n) is 32.3. The fourth-order valence-corrected chi connectivity index (χ4v) is 12.4. The van der Waals surface area contributed by atoms with Gasteiger partial charge in [0.25, 0.3) is 11.8 Å². The van der Waals surface area contributed by atoms with Crippen molar-refractivity contribution in [3.05, 3.63) is 84.4 Å². The Balaban J connectivity index is 0.000000409. The van der Waals surface area contributed by atoms with Crippen LogP contribution in [0.4, 0.5) is 9.59 Å². The number of carbonyl (C=O) groups is 14. The second-order valence-corrected chi connectivity index (χ2v) is 32.3. The number of alkyl carbamates (subject to hydrolysis) is 2. The summed E-state index contributed by atoms with van der Waals surface area (Å²) in [5, 5.41) is 37.8. The molecule has 0 radical (unpaired) electrons. The Morgan fingerprint density at radius 3 is 0.913 bits per heavy atom. The molecule has 43 nitrogen and oxygen atoms in total. The normalized spacial score (nSPS) is 16.3. The van der Waals surface area contributed by atoms with Gasteiger partial charge in [-0.3, -0.25) is 52.7 Å². The molecule has 5 saturated heterocycles. The maximum Gasteiger partial charge on any atom is 0.408 e. The third kappa shape index (κ3) is 43.3. The molecule has 0 unspecified atom stereocenters. The summed E-state index contributed by atoms with van der Waals surface area (Å²) in [6.45, 7) is 26.3. The highest BCUT2D eigenvalue weighted by atomic mass is 35.5. The third-order valence-electron chi connectivity index (χ3n) is 20.1. The number of nitrogens with one attached hydrogen (secondary N) is 5. The van der Waals surface area contributed by atoms with Crippen LogP contribution in [0.15, 0.2) is 73.3 Å². The molecule has 7 heterocycles. The molecule has 0 saturated carbocycles. The first kappa shape index (κ1) is 108. The maximum absolute atomic E-state index is 13.0. The van der Waals surface area contributed by atoms with Crippen LogP contribution < -0.4 is 32.3 Å². The number of aliphatic carboxylic acids is 1. The van der Waals surface area contributed by atoms with Crippen molar-refractivity contribution >= 4 is 95.8 Å². The zero-order valence-corrected chi connectivity index (χ0v) is 77.0. The molecule has 0 bridgehead atoms. The van der Waals surface area contributed by atoms with E-state index in [2.05, 4.69) is 115 Å². The van der Waals surface area contributed by atoms with Crippen LogP contribution in [0, 0.1) is 0 Å². The topological polar surface area (TPSA) is 501 Å². The molecule has 4 aromatic rings. The molecule has 5 aliphatic rings. The number of hydrogen-bond donors (Lipinski definition) is 7. The van der Waals surface area contributed by atoms with E-state index < -0.39 is 83.4 Å². The molecule has 2 aromatic heterocycles. The van der Waals surface area contributed by atoms with Crippen molar-refractivity contribution in [3.8, 4) is 11.4 Å². The predicted octanol–water partition coefficient (Wildman–Crippen LogP) is 0.694. The fraction of sp³-hybridized carbons (Fsp3) is 0.639. The first-order valence-electron chi connectivity index (χ1n) is 42.2. The van der Waals surface area contributed by atoms with Crippen molar-refractivity contribution in [2.45, 2.75) is 147 Å². The van der Waals surface area contributed by atoms with Crippen LogP contribution in [-0.2, 0) is 81.1 Å². The Labute approximate surface area is 750 Å². The van der Waals surface area contributed by atoms with Crippen molar-refractivity contribution in [2.24, 2.45) is 5.73 Å². The van der Waals surface area contributed by atoms with Gasteiger partial charge in [-0.2, -0.15) is 0 Å². The number of esters is 5. The number of likely N-dealkylation sites (N-methyl/N-ethyl adjacent to an activating group) is 5. The molecular weight excluding hydrogens is 1680 g/mol. The highest BCUT2D eigenvalue weighted by Crippen LogP contribution is 2.18. The minimum Gasteiger partial charge on any atom is -0.480 e. The number of amides is 8. The first-order valence-corrected chi connectivity index (χ1v) is 41.8. The standard InChI is InChI=1S/2C20H26N6O4.C16H29N3O5.C11H21N3O3.C11H19NO6.C5H12N2.ClH/c2*1-24-11-13-25(14-12-24)20(29)17(7-8-18(27)30-2)22-19(28)15-3-5-16(6-4-15)26-10-9-21-23-26;1-16(2,3)24-15(22)17-12(6-7-13(20)23-5)14(21)19-10-8-18(4)9-11-19;1-13-5-7-14(8-6-13)11(16)9(12)3-4-10(15)17-2;1-11(2,3)18-10(16)12-7(9(14)15)5-6-8(13)17-4;1-7-4-2-6-3-5-7;/h2*3-6,9-10,17H,7-8,11-14H2,1-2H3,(H,22,28);12H,6-11H2,1-5H3,(H,17,22);9H,3-8,12H2,1-2H3;7H,5-6H2,1-4H3,(H,12,16)(H,14,15);6H,2-5H2,1H3;1H/t2*17-;12-;9-;7-;;/m00000../s1/i/hD. The molecule has 710 valence electrons. The van der Waals surface area contributed by atoms with E-state index in [1.54, 1.807) is 144 Å². The van der Waals surface area contributed by atoms with Crippen molar-refractivity contribution < 1.29 is 105 Å². The number of methoxy groups -OCH3 is 5. The zero-order chi connectivity index (χ0) is 95.6. The van der Waals surface area contributed by atoms with E-state index in [-0.39, 0.29) is 99.2 Å². The van der Waals surface area contributed by atoms with Crippen LogP contribution >= 0.6 is 12.3 Å². The number of benzene rings is 2. The number of carbonyl (C=O) groups excluding carboxylic acids is 13. The number of piperazine rings is 5. The van der Waals surface area contributed by atoms with Gasteiger partial charge in [-0.25, -0.2) is 23.7 Å². The molecule has 8 amide bonds. The fourth-order valence-electron chi connectivity index (χ4n) is 12.4. The average Bonchev–Trinajstić information content (AvgIpc) is 1.65. The number of nitrogens with two attached hydrogens (primary N) is 1. The Kier molecular flexibility index (Phi) is 49.1. The highest BCUT2D eigenvalue weighted by molar-refractivity contribution is 5.99. The second kappa shape index (κ2) is 57.6. The number of ether oxygens (including phenoxy) is 7. The van der Waals surface area contributed by atoms with Crippen LogP contribution in [0.2, 0.25) is 0 Å². The molecule has 127 heavy (non-hydrogen) atoms. The van der Waals surface area contributed by atoms with Crippen LogP contribution in [0.25, 0.3) is 11.4 Å². The monoisotopic (exact) mass is 1810 g/mol. The summed E-state index contributed by atoms with van der Waals surface area (Å²) < 4.78 is 41.4. The van der Waals surface area contributed by atoms with Crippen LogP contribution in [0.5, 0.6) is 0 Å². The van der Waals surface area contributed by atoms with Crippen molar-refractivity contribution in [3.63, 3.8) is 0 Å². The summed E-state index contributed by atoms with van der Waals surface area (Å²) in [4.78, 5) is 185. The summed E-state index contributed by atoms with van der Waals surface area (Å²) in [6, 6.07) is 9.43. The van der Waals surface area contributed by atoms with Crippen molar-refractivity contribution in [2.75, 3.05) is 202 Å². The molecule has 44 heteroatoms. The summed E-state index contributed by atoms with van der Waals surface area (Å²) in [6.07, 6.45) is 6.11. The lowest BCUT2D eigenvalue weighted by molar-refractivity contribution is -0.143. The Morgan fingerprint density at radius 2 is 0.661 bits per heavy atom. The third-order valence-corrected chi connectivity index (χ3v) is 20.1. The number of rotatable bonds is 28. The summed E-state index contributed by atoms with van der Waals surface area (Å²) in [7, 11) is 16.6. The molecule has 9 rings (SSSR count). The van der Waals surface area contributed by atoms with E-state index in [4.69, 9.17) is 21.5 Å². The van der Waals surface area contributed by atoms with E-state index in [0.717, 1.165) is 76.8 Å². The Hall–Kier alpha value is -11.1. The van der Waals surface area contributed by atoms with Crippen LogP contribution in [0.1, 0.15) is 126 Å². The largest absolute Gasteiger partial charge is 0.480 e. The van der Waals surface area contributed by atoms with Crippen LogP contribution in [-0.4, -0.2) is 407 Å². The smallest absolute Gasteiger partial charge is 0.408 e. The van der Waals surface area contributed by atoms with E-state index in [0.29, 0.717) is 69.9 Å². The van der Waals surface area contributed by atoms with Gasteiger partial charge in [0, 0.05) is 174 Å². The maximum atomic E-state index is 13.0. The number of carboxylic acid groups (broad SMARTS) is 1. The minimum atomic E-state index is -1.23. The summed E-state index contributed by atoms with van der Waals surface area (Å²) in [5.74, 6) is -4.73. The molecule has 5 fully saturated rings. The lowest BCUT2D eigenvalue weighted by atomic mass is 10.1. The van der Waals surface area contributed by atoms with Crippen molar-refractivity contribution in [1.29, 1.82) is 1.17 Å². The number of halogens is 1. The van der Waals surface area contributed by atoms with Gasteiger partial charge in [0.05, 0.1) is 77.8 Å². The molecule has 5 aliphatic heterocycles. The van der Waals surface area contributed by atoms with Gasteiger partial charge in [0.2, 0.25) is 23.6 Å². The number of aromatic nitrogens is 6. The SMILES string of the molecule is CN1CCNCC1.COC(=O)CC[C@H](N)C(=O)N1CCN(C)CC1.COC(=O)CC[C@H](NC(=O)OC(C)(C)C)C(=O)N1CCN(C)CC1.COC(=O)CC[C@H](NC(=O)OC(C)(C)C)C(=O)O.COC(=O)CC[C@H](NC(=O)c1ccc(-n2ccnn2)cc1)C(=O)N1CCN(C)CC1.COC(=O)CC[C@H](NC(=O)c1ccc(-n2ccnn2)cc1)C(=O)N1CCN(C)CC1.[2H]Cl. The molecule has 0 spiro atoms. The minimum absolute atomic E-state index is 0.0478. The van der Waals surface area contributed by atoms with E-state index in [1.807, 2.05) is 28.2 Å². The van der Waals surface area contributed by atoms with Gasteiger partial charge in [-0.05, 0) is 157 Å². The summed E-state index contributed by atoms with van der Waals surface area (Å²) >= 11 is 3.89. The average molecular weight is 1810 g/mol. The Bertz CT molecular complexity index is 3890. The predicted molar refractivity (Wildman–Crippen MR) is 467 cm³/mol. The molecular formula is C83H134ClN21O22. The van der Waals surface area contributed by atoms with Crippen LogP contribution in [0.3, 0.4) is 0 Å². The number of carboxylic acids is 1. The van der Waals surface area contributed by atoms with Gasteiger partial charge in [0.1, 0.15) is 36.5 Å². The molecule has 8 N–H and O–H groups in total. The quantitative estimate of drug-likeness (QED) is 0.0304. The van der Waals surface area contributed by atoms with E-state index >= 15 is 0 Å². The summed E-state index contributed by atoms with van der Waals surface area (Å²) in [5.41, 5.74) is 6.75. The molecule has 5 atom stereocenters. The van der Waals surface area contributed by atoms with Gasteiger partial charge in [0.15, 0.2) is 0 Å². The van der Waals surface area contributed by atoms with Crippen molar-refractivity contribution in [1.82, 2.24) is 101 Å². The molecule has 0 aliphatic carbocycles. The van der Waals surface area contributed by atoms with Gasteiger partial charge >= 0.3 is 48.0 Å². The molecule has 2 aromatic carbocycles. The van der Waals surface area contributed by atoms with Gasteiger partial charge < -0.3 is 115 Å². The van der Waals surface area contributed by atoms with E-state index in [9.17, 15) is 67.1 Å². The van der Waals surface area contributed by atoms with Gasteiger partial charge in [-0.1, -0.05) is 10.4 Å². The first-order chi connectivity index (χ1) is 60.7.